The number of anilines is 2. The molecule has 3 aromatic rings. The molecule has 206 valence electrons. The predicted molar refractivity (Wildman–Crippen MR) is 124 cm³/mol. The topological polar surface area (TPSA) is 278 Å². The highest BCUT2D eigenvalue weighted by Crippen LogP contribution is 2.49. The quantitative estimate of drug-likeness (QED) is 0.154. The van der Waals surface area contributed by atoms with Gasteiger partial charge in [-0.3, -0.25) is 28.0 Å². The van der Waals surface area contributed by atoms with Gasteiger partial charge < -0.3 is 36.0 Å². The maximum Gasteiger partial charge on any atom is 0.472 e. The molecule has 3 aromatic heterocycles. The fourth-order valence-corrected chi connectivity index (χ4v) is 5.22. The maximum absolute atomic E-state index is 12.7. The van der Waals surface area contributed by atoms with Crippen LogP contribution < -0.4 is 22.7 Å². The molecule has 20 heteroatoms. The highest BCUT2D eigenvalue weighted by molar-refractivity contribution is 7.47. The standard InChI is InChI=1S/C18H24N9O10P/c19-16-22-6-27(18(31)25-16)12-2-8(9(3-28)35-12)37-38(32,33)34-4-10-7(29)1-11(36-10)26-5-21-13-14(26)23-17(20)24-15(13)30/h5-12,28-29H,1-4H2,(H,32,33)(H2,19,25,31)(H3,20,23,24,30)/t7?,8-,9-,10-,11-,12-/m1/s1. The Labute approximate surface area is 211 Å². The minimum Gasteiger partial charge on any atom is -0.394 e. The number of imidazole rings is 1. The molecule has 0 saturated carbocycles. The number of phosphoric ester groups is 1. The zero-order chi connectivity index (χ0) is 27.2. The lowest BCUT2D eigenvalue weighted by Crippen LogP contribution is -2.29. The number of nitrogens with zero attached hydrogens (tertiary/aromatic N) is 6. The van der Waals surface area contributed by atoms with Gasteiger partial charge in [-0.1, -0.05) is 0 Å². The first-order chi connectivity index (χ1) is 18.0. The van der Waals surface area contributed by atoms with Gasteiger partial charge >= 0.3 is 13.5 Å². The van der Waals surface area contributed by atoms with Crippen molar-refractivity contribution in [2.45, 2.75) is 49.7 Å². The number of aliphatic hydroxyl groups excluding tert-OH is 2. The Balaban J connectivity index is 1.22. The van der Waals surface area contributed by atoms with E-state index >= 15 is 0 Å². The van der Waals surface area contributed by atoms with Crippen LogP contribution >= 0.6 is 7.82 Å². The van der Waals surface area contributed by atoms with Gasteiger partial charge in [0.05, 0.1) is 25.6 Å². The molecule has 0 bridgehead atoms. The normalized spacial score (nSPS) is 29.1. The number of nitrogens with two attached hydrogens (primary N) is 2. The summed E-state index contributed by atoms with van der Waals surface area (Å²) in [5.41, 5.74) is 9.82. The molecule has 5 rings (SSSR count). The molecule has 2 unspecified atom stereocenters. The van der Waals surface area contributed by atoms with Gasteiger partial charge in [0.1, 0.15) is 37.1 Å². The van der Waals surface area contributed by atoms with Crippen LogP contribution in [0.25, 0.3) is 11.2 Å². The molecule has 0 spiro atoms. The minimum absolute atomic E-state index is 0.0218. The fraction of sp³-hybridized carbons (Fsp3) is 0.556. The first kappa shape index (κ1) is 26.3. The predicted octanol–water partition coefficient (Wildman–Crippen LogP) is -2.63. The van der Waals surface area contributed by atoms with Crippen LogP contribution in [0.15, 0.2) is 22.2 Å². The number of aliphatic hydroxyl groups is 2. The Morgan fingerprint density at radius 3 is 2.55 bits per heavy atom. The van der Waals surface area contributed by atoms with Crippen molar-refractivity contribution < 1.29 is 38.2 Å². The van der Waals surface area contributed by atoms with Crippen molar-refractivity contribution in [1.29, 1.82) is 0 Å². The Morgan fingerprint density at radius 2 is 1.82 bits per heavy atom. The van der Waals surface area contributed by atoms with Crippen LogP contribution in [0.1, 0.15) is 25.3 Å². The molecular weight excluding hydrogens is 533 g/mol. The molecule has 2 aliphatic rings. The number of phosphoric acid groups is 1. The number of fused-ring (bicyclic) bond motifs is 1. The van der Waals surface area contributed by atoms with E-state index in [-0.39, 0.29) is 35.9 Å². The molecule has 5 heterocycles. The highest BCUT2D eigenvalue weighted by Gasteiger charge is 2.43. The molecule has 0 aliphatic carbocycles. The van der Waals surface area contributed by atoms with E-state index in [1.807, 2.05) is 0 Å². The third kappa shape index (κ3) is 5.18. The lowest BCUT2D eigenvalue weighted by molar-refractivity contribution is -0.0565. The number of aromatic nitrogens is 7. The van der Waals surface area contributed by atoms with E-state index in [0.717, 1.165) is 10.9 Å². The Bertz CT molecular complexity index is 1490. The van der Waals surface area contributed by atoms with Crippen LogP contribution in [-0.4, -0.2) is 86.8 Å². The van der Waals surface area contributed by atoms with Gasteiger partial charge in [-0.2, -0.15) is 9.97 Å². The van der Waals surface area contributed by atoms with Crippen molar-refractivity contribution in [2.75, 3.05) is 24.7 Å². The summed E-state index contributed by atoms with van der Waals surface area (Å²) in [5, 5.41) is 20.1. The van der Waals surface area contributed by atoms with Gasteiger partial charge in [-0.25, -0.2) is 19.3 Å². The van der Waals surface area contributed by atoms with Gasteiger partial charge in [-0.05, 0) is 0 Å². The van der Waals surface area contributed by atoms with E-state index in [9.17, 15) is 29.3 Å². The lowest BCUT2D eigenvalue weighted by Gasteiger charge is -2.21. The number of H-pyrrole nitrogens is 1. The van der Waals surface area contributed by atoms with Gasteiger partial charge in [0, 0.05) is 12.8 Å². The summed E-state index contributed by atoms with van der Waals surface area (Å²) in [7, 11) is -4.76. The molecule has 2 fully saturated rings. The Kier molecular flexibility index (Phi) is 7.01. The Morgan fingerprint density at radius 1 is 1.11 bits per heavy atom. The Hall–Kier alpha value is -3.29. The summed E-state index contributed by atoms with van der Waals surface area (Å²) in [4.78, 5) is 51.9. The molecule has 38 heavy (non-hydrogen) atoms. The number of nitrogens with one attached hydrogen (secondary N) is 1. The molecule has 8 N–H and O–H groups in total. The number of hydrogen-bond donors (Lipinski definition) is 6. The molecule has 2 saturated heterocycles. The molecule has 7 atom stereocenters. The second-order valence-corrected chi connectivity index (χ2v) is 9.97. The number of aromatic amines is 1. The summed E-state index contributed by atoms with van der Waals surface area (Å²) >= 11 is 0. The van der Waals surface area contributed by atoms with Crippen LogP contribution in [0.5, 0.6) is 0 Å². The summed E-state index contributed by atoms with van der Waals surface area (Å²) < 4.78 is 36.6. The third-order valence-corrected chi connectivity index (χ3v) is 7.06. The smallest absolute Gasteiger partial charge is 0.394 e. The van der Waals surface area contributed by atoms with E-state index in [1.54, 1.807) is 0 Å². The van der Waals surface area contributed by atoms with Crippen molar-refractivity contribution >= 4 is 30.9 Å². The van der Waals surface area contributed by atoms with Gasteiger partial charge in [0.15, 0.2) is 11.2 Å². The number of rotatable bonds is 8. The SMILES string of the molecule is Nc1ncn([C@H]2C[C@@H](OP(=O)(O)OC[C@H]3O[C@@H](n4cnc5c(=O)[nH]c(N)nc54)CC3O)[C@@H](CO)O2)c(=O)n1. The molecule has 0 aromatic carbocycles. The van der Waals surface area contributed by atoms with Gasteiger partial charge in [0.2, 0.25) is 11.9 Å². The van der Waals surface area contributed by atoms with Crippen LogP contribution in [-0.2, 0) is 23.1 Å². The van der Waals surface area contributed by atoms with Crippen molar-refractivity contribution in [2.24, 2.45) is 0 Å². The molecular formula is C18H24N9O10P. The van der Waals surface area contributed by atoms with Crippen molar-refractivity contribution in [3.05, 3.63) is 33.5 Å². The summed E-state index contributed by atoms with van der Waals surface area (Å²) in [6, 6.07) is 0. The first-order valence-corrected chi connectivity index (χ1v) is 12.7. The second-order valence-electron chi connectivity index (χ2n) is 8.57. The molecule has 0 radical (unpaired) electrons. The molecule has 19 nitrogen and oxygen atoms in total. The average molecular weight is 557 g/mol. The number of hydrogen-bond acceptors (Lipinski definition) is 15. The van der Waals surface area contributed by atoms with E-state index in [4.69, 9.17) is 30.0 Å². The summed E-state index contributed by atoms with van der Waals surface area (Å²) in [6.07, 6.45) is -3.86. The summed E-state index contributed by atoms with van der Waals surface area (Å²) in [6.45, 7) is -1.13. The van der Waals surface area contributed by atoms with Crippen LogP contribution in [0.4, 0.5) is 11.9 Å². The van der Waals surface area contributed by atoms with Crippen LogP contribution in [0.3, 0.4) is 0 Å². The van der Waals surface area contributed by atoms with Crippen molar-refractivity contribution in [3.63, 3.8) is 0 Å². The van der Waals surface area contributed by atoms with Crippen molar-refractivity contribution in [3.8, 4) is 0 Å². The highest BCUT2D eigenvalue weighted by atomic mass is 31.2. The lowest BCUT2D eigenvalue weighted by atomic mass is 10.2. The molecule has 2 aliphatic heterocycles. The second kappa shape index (κ2) is 10.1. The average Bonchev–Trinajstić information content (AvgIpc) is 3.54. The van der Waals surface area contributed by atoms with Crippen LogP contribution in [0.2, 0.25) is 0 Å². The van der Waals surface area contributed by atoms with E-state index in [2.05, 4.69) is 24.9 Å². The minimum atomic E-state index is -4.76. The monoisotopic (exact) mass is 557 g/mol. The summed E-state index contributed by atoms with van der Waals surface area (Å²) in [5.74, 6) is -0.369. The van der Waals surface area contributed by atoms with E-state index < -0.39 is 69.2 Å². The number of nitrogen functional groups attached to an aromatic ring is 2. The first-order valence-electron chi connectivity index (χ1n) is 11.2. The number of ether oxygens (including phenoxy) is 2. The van der Waals surface area contributed by atoms with Gasteiger partial charge in [-0.15, -0.1) is 0 Å². The largest absolute Gasteiger partial charge is 0.472 e. The van der Waals surface area contributed by atoms with E-state index in [0.29, 0.717) is 0 Å². The zero-order valence-corrected chi connectivity index (χ0v) is 20.3. The van der Waals surface area contributed by atoms with E-state index in [1.165, 1.54) is 10.9 Å². The van der Waals surface area contributed by atoms with Crippen molar-refractivity contribution in [1.82, 2.24) is 34.1 Å². The van der Waals surface area contributed by atoms with Gasteiger partial charge in [0.25, 0.3) is 5.56 Å². The third-order valence-electron chi connectivity index (χ3n) is 6.05. The molecule has 0 amide bonds. The van der Waals surface area contributed by atoms with Crippen LogP contribution in [0, 0.1) is 0 Å². The fourth-order valence-electron chi connectivity index (χ4n) is 4.26. The zero-order valence-electron chi connectivity index (χ0n) is 19.4. The maximum atomic E-state index is 12.7.